The number of aryl methyl sites for hydroxylation is 1. The van der Waals surface area contributed by atoms with Gasteiger partial charge in [0.2, 0.25) is 10.0 Å². The van der Waals surface area contributed by atoms with Gasteiger partial charge in [0.1, 0.15) is 5.69 Å². The maximum Gasteiger partial charge on any atom is 0.354 e. The maximum atomic E-state index is 13.7. The van der Waals surface area contributed by atoms with Crippen LogP contribution in [0.5, 0.6) is 0 Å². The van der Waals surface area contributed by atoms with E-state index < -0.39 is 22.0 Å². The largest absolute Gasteiger partial charge is 0.464 e. The second-order valence-electron chi connectivity index (χ2n) is 8.19. The number of carbonyl (C=O) groups excluding carboxylic acids is 2. The molecule has 0 amide bonds. The molecule has 0 aliphatic heterocycles. The van der Waals surface area contributed by atoms with Crippen LogP contribution in [0.3, 0.4) is 0 Å². The molecule has 0 aliphatic rings. The van der Waals surface area contributed by atoms with Crippen molar-refractivity contribution in [1.82, 2.24) is 8.87 Å². The standard InChI is InChI=1S/C25H36N2O6S/c1-8-26-19(5)22(18(4)23(26)25(29)32-7)24(28)20(6)27(15-10-16-33-9-2)34(30,31)21-13-11-17(3)12-14-21/h11-14,20H,8-10,15-16H2,1-7H3/t20-/m0/s1. The SMILES string of the molecule is CCOCCCN([C@@H](C)C(=O)c1c(C)c(C(=O)OC)n(CC)c1C)S(=O)(=O)c1ccc(C)cc1. The quantitative estimate of drug-likeness (QED) is 0.253. The van der Waals surface area contributed by atoms with E-state index >= 15 is 0 Å². The topological polar surface area (TPSA) is 94.9 Å². The van der Waals surface area contributed by atoms with Crippen molar-refractivity contribution in [2.24, 2.45) is 0 Å². The van der Waals surface area contributed by atoms with Crippen LogP contribution in [0, 0.1) is 20.8 Å². The number of sulfonamides is 1. The number of hydrogen-bond acceptors (Lipinski definition) is 6. The van der Waals surface area contributed by atoms with Crippen molar-refractivity contribution in [3.63, 3.8) is 0 Å². The van der Waals surface area contributed by atoms with E-state index in [9.17, 15) is 18.0 Å². The summed E-state index contributed by atoms with van der Waals surface area (Å²) in [4.78, 5) is 26.3. The van der Waals surface area contributed by atoms with Crippen LogP contribution in [0.2, 0.25) is 0 Å². The van der Waals surface area contributed by atoms with Gasteiger partial charge in [0, 0.05) is 37.6 Å². The lowest BCUT2D eigenvalue weighted by molar-refractivity contribution is 0.0587. The summed E-state index contributed by atoms with van der Waals surface area (Å²) in [6.07, 6.45) is 0.442. The Bertz CT molecular complexity index is 1120. The molecule has 34 heavy (non-hydrogen) atoms. The highest BCUT2D eigenvalue weighted by Gasteiger charge is 2.36. The molecule has 1 atom stereocenters. The lowest BCUT2D eigenvalue weighted by Crippen LogP contribution is -2.44. The number of nitrogens with zero attached hydrogens (tertiary/aromatic N) is 2. The molecule has 0 bridgehead atoms. The molecule has 0 fully saturated rings. The molecular formula is C25H36N2O6S. The van der Waals surface area contributed by atoms with Crippen LogP contribution in [0.25, 0.3) is 0 Å². The number of ketones is 1. The number of Topliss-reactive ketones (excluding diaryl/α,β-unsaturated/α-hetero) is 1. The zero-order chi connectivity index (χ0) is 25.6. The van der Waals surface area contributed by atoms with Gasteiger partial charge in [-0.05, 0) is 65.7 Å². The highest BCUT2D eigenvalue weighted by Crippen LogP contribution is 2.28. The molecule has 9 heteroatoms. The van der Waals surface area contributed by atoms with Crippen molar-refractivity contribution in [3.8, 4) is 0 Å². The third kappa shape index (κ3) is 5.59. The van der Waals surface area contributed by atoms with Gasteiger partial charge in [0.15, 0.2) is 5.78 Å². The summed E-state index contributed by atoms with van der Waals surface area (Å²) in [5.74, 6) is -0.894. The lowest BCUT2D eigenvalue weighted by atomic mass is 10.0. The Morgan fingerprint density at radius 3 is 2.24 bits per heavy atom. The molecule has 0 radical (unpaired) electrons. The van der Waals surface area contributed by atoms with Gasteiger partial charge in [0.05, 0.1) is 18.0 Å². The summed E-state index contributed by atoms with van der Waals surface area (Å²) >= 11 is 0. The minimum atomic E-state index is -3.95. The van der Waals surface area contributed by atoms with E-state index in [1.165, 1.54) is 11.4 Å². The van der Waals surface area contributed by atoms with Crippen LogP contribution < -0.4 is 0 Å². The first-order chi connectivity index (χ1) is 16.0. The maximum absolute atomic E-state index is 13.7. The highest BCUT2D eigenvalue weighted by molar-refractivity contribution is 7.89. The van der Waals surface area contributed by atoms with Crippen molar-refractivity contribution < 1.29 is 27.5 Å². The molecule has 2 aromatic rings. The third-order valence-corrected chi connectivity index (χ3v) is 8.00. The molecule has 2 rings (SSSR count). The first-order valence-corrected chi connectivity index (χ1v) is 12.9. The van der Waals surface area contributed by atoms with E-state index in [-0.39, 0.29) is 17.2 Å². The fraction of sp³-hybridized carbons (Fsp3) is 0.520. The monoisotopic (exact) mass is 492 g/mol. The van der Waals surface area contributed by atoms with Gasteiger partial charge in [-0.1, -0.05) is 17.7 Å². The van der Waals surface area contributed by atoms with Crippen LogP contribution in [-0.4, -0.2) is 62.0 Å². The summed E-state index contributed by atoms with van der Waals surface area (Å²) < 4.78 is 40.5. The van der Waals surface area contributed by atoms with Crippen molar-refractivity contribution in [2.75, 3.05) is 26.9 Å². The van der Waals surface area contributed by atoms with Gasteiger partial charge in [-0.15, -0.1) is 0 Å². The second-order valence-corrected chi connectivity index (χ2v) is 10.1. The van der Waals surface area contributed by atoms with E-state index in [1.54, 1.807) is 49.6 Å². The molecule has 0 saturated heterocycles. The summed E-state index contributed by atoms with van der Waals surface area (Å²) in [6.45, 7) is 12.2. The highest BCUT2D eigenvalue weighted by atomic mass is 32.2. The van der Waals surface area contributed by atoms with Gasteiger partial charge >= 0.3 is 5.97 Å². The molecule has 0 N–H and O–H groups in total. The van der Waals surface area contributed by atoms with E-state index in [4.69, 9.17) is 9.47 Å². The molecule has 1 aromatic heterocycles. The van der Waals surface area contributed by atoms with Gasteiger partial charge in [-0.25, -0.2) is 13.2 Å². The van der Waals surface area contributed by atoms with Crippen molar-refractivity contribution in [2.45, 2.75) is 65.4 Å². The Balaban J connectivity index is 2.54. The molecule has 0 spiro atoms. The van der Waals surface area contributed by atoms with Crippen LogP contribution in [0.4, 0.5) is 0 Å². The number of methoxy groups -OCH3 is 1. The van der Waals surface area contributed by atoms with Crippen LogP contribution in [0.1, 0.15) is 64.9 Å². The fourth-order valence-electron chi connectivity index (χ4n) is 4.19. The van der Waals surface area contributed by atoms with Crippen LogP contribution in [0.15, 0.2) is 29.2 Å². The summed E-state index contributed by atoms with van der Waals surface area (Å²) in [5.41, 5.74) is 2.70. The van der Waals surface area contributed by atoms with Crippen LogP contribution >= 0.6 is 0 Å². The Hall–Kier alpha value is -2.49. The Morgan fingerprint density at radius 2 is 1.71 bits per heavy atom. The zero-order valence-corrected chi connectivity index (χ0v) is 22.0. The fourth-order valence-corrected chi connectivity index (χ4v) is 5.82. The predicted molar refractivity (Wildman–Crippen MR) is 131 cm³/mol. The summed E-state index contributed by atoms with van der Waals surface area (Å²) in [5, 5.41) is 0. The first kappa shape index (κ1) is 27.8. The molecule has 0 unspecified atom stereocenters. The average Bonchev–Trinajstić information content (AvgIpc) is 3.06. The molecule has 8 nitrogen and oxygen atoms in total. The Kier molecular flexibility index (Phi) is 9.61. The predicted octanol–water partition coefficient (Wildman–Crippen LogP) is 3.91. The smallest absolute Gasteiger partial charge is 0.354 e. The van der Waals surface area contributed by atoms with Gasteiger partial charge in [-0.3, -0.25) is 4.79 Å². The summed E-state index contributed by atoms with van der Waals surface area (Å²) in [6, 6.07) is 5.59. The second kappa shape index (κ2) is 11.8. The normalized spacial score (nSPS) is 12.7. The van der Waals surface area contributed by atoms with Crippen molar-refractivity contribution in [3.05, 3.63) is 52.3 Å². The Labute approximate surface area is 202 Å². The third-order valence-electron chi connectivity index (χ3n) is 6.02. The molecule has 1 heterocycles. The first-order valence-electron chi connectivity index (χ1n) is 11.5. The number of ether oxygens (including phenoxy) is 2. The van der Waals surface area contributed by atoms with E-state index in [0.717, 1.165) is 5.56 Å². The molecule has 188 valence electrons. The number of benzene rings is 1. The molecule has 0 aliphatic carbocycles. The Morgan fingerprint density at radius 1 is 1.09 bits per heavy atom. The number of aromatic nitrogens is 1. The van der Waals surface area contributed by atoms with Gasteiger partial charge < -0.3 is 14.0 Å². The summed E-state index contributed by atoms with van der Waals surface area (Å²) in [7, 11) is -2.66. The minimum absolute atomic E-state index is 0.125. The number of hydrogen-bond donors (Lipinski definition) is 0. The zero-order valence-electron chi connectivity index (χ0n) is 21.2. The average molecular weight is 493 g/mol. The number of rotatable bonds is 12. The lowest BCUT2D eigenvalue weighted by Gasteiger charge is -2.28. The van der Waals surface area contributed by atoms with E-state index in [2.05, 4.69) is 0 Å². The molecule has 1 aromatic carbocycles. The van der Waals surface area contributed by atoms with E-state index in [0.29, 0.717) is 48.7 Å². The minimum Gasteiger partial charge on any atom is -0.464 e. The number of carbonyl (C=O) groups is 2. The molecular weight excluding hydrogens is 456 g/mol. The number of esters is 1. The van der Waals surface area contributed by atoms with Gasteiger partial charge in [-0.2, -0.15) is 4.31 Å². The molecule has 0 saturated carbocycles. The van der Waals surface area contributed by atoms with Crippen molar-refractivity contribution in [1.29, 1.82) is 0 Å². The van der Waals surface area contributed by atoms with Crippen molar-refractivity contribution >= 4 is 21.8 Å². The van der Waals surface area contributed by atoms with Crippen LogP contribution in [-0.2, 0) is 26.0 Å². The van der Waals surface area contributed by atoms with E-state index in [1.807, 2.05) is 20.8 Å². The van der Waals surface area contributed by atoms with Gasteiger partial charge in [0.25, 0.3) is 0 Å².